The second-order valence-corrected chi connectivity index (χ2v) is 6.35. The third-order valence-electron chi connectivity index (χ3n) is 4.47. The minimum Gasteiger partial charge on any atom is -0.506 e. The lowest BCUT2D eigenvalue weighted by Gasteiger charge is -2.27. The standard InChI is InChI=1S/C19H20ClNO2/c1-2-12-9-10-14-13(11-12)5-3-8-17(14)21-19(23)15-6-4-7-16(20)18(15)22/h4,6-7,9-11,17,22H,2-3,5,8H2,1H3,(H,21,23). The third kappa shape index (κ3) is 3.20. The van der Waals surface area contributed by atoms with Crippen molar-refractivity contribution in [3.63, 3.8) is 0 Å². The molecule has 0 saturated heterocycles. The summed E-state index contributed by atoms with van der Waals surface area (Å²) >= 11 is 5.89. The van der Waals surface area contributed by atoms with Crippen LogP contribution in [-0.4, -0.2) is 11.0 Å². The van der Waals surface area contributed by atoms with Crippen LogP contribution in [0.25, 0.3) is 0 Å². The summed E-state index contributed by atoms with van der Waals surface area (Å²) in [4.78, 5) is 12.5. The van der Waals surface area contributed by atoms with Crippen molar-refractivity contribution in [3.05, 3.63) is 63.7 Å². The maximum atomic E-state index is 12.5. The number of aromatic hydroxyl groups is 1. The van der Waals surface area contributed by atoms with Crippen LogP contribution in [0.2, 0.25) is 5.02 Å². The van der Waals surface area contributed by atoms with E-state index in [0.29, 0.717) is 0 Å². The van der Waals surface area contributed by atoms with Crippen molar-refractivity contribution in [3.8, 4) is 5.75 Å². The molecule has 23 heavy (non-hydrogen) atoms. The largest absolute Gasteiger partial charge is 0.506 e. The number of rotatable bonds is 3. The number of benzene rings is 2. The van der Waals surface area contributed by atoms with Crippen LogP contribution in [0, 0.1) is 0 Å². The SMILES string of the molecule is CCc1ccc2c(c1)CCCC2NC(=O)c1cccc(Cl)c1O. The molecule has 1 unspecified atom stereocenters. The molecule has 120 valence electrons. The van der Waals surface area contributed by atoms with Gasteiger partial charge in [0.1, 0.15) is 5.75 Å². The number of halogens is 1. The van der Waals surface area contributed by atoms with Crippen molar-refractivity contribution in [2.45, 2.75) is 38.6 Å². The van der Waals surface area contributed by atoms with E-state index in [4.69, 9.17) is 11.6 Å². The highest BCUT2D eigenvalue weighted by atomic mass is 35.5. The van der Waals surface area contributed by atoms with Crippen LogP contribution in [0.3, 0.4) is 0 Å². The van der Waals surface area contributed by atoms with E-state index in [2.05, 4.69) is 30.4 Å². The normalized spacial score (nSPS) is 16.7. The van der Waals surface area contributed by atoms with Gasteiger partial charge < -0.3 is 10.4 Å². The number of phenols is 1. The summed E-state index contributed by atoms with van der Waals surface area (Å²) in [5.41, 5.74) is 4.04. The number of phenolic OH excluding ortho intramolecular Hbond substituents is 1. The Kier molecular flexibility index (Phi) is 4.58. The maximum Gasteiger partial charge on any atom is 0.255 e. The molecular formula is C19H20ClNO2. The maximum absolute atomic E-state index is 12.5. The predicted octanol–water partition coefficient (Wildman–Crippen LogP) is 4.42. The van der Waals surface area contributed by atoms with E-state index in [1.54, 1.807) is 18.2 Å². The number of hydrogen-bond donors (Lipinski definition) is 2. The van der Waals surface area contributed by atoms with Crippen molar-refractivity contribution in [2.24, 2.45) is 0 Å². The van der Waals surface area contributed by atoms with Gasteiger partial charge in [-0.2, -0.15) is 0 Å². The summed E-state index contributed by atoms with van der Waals surface area (Å²) in [7, 11) is 0. The summed E-state index contributed by atoms with van der Waals surface area (Å²) < 4.78 is 0. The van der Waals surface area contributed by atoms with Crippen LogP contribution < -0.4 is 5.32 Å². The van der Waals surface area contributed by atoms with Crippen LogP contribution in [0.4, 0.5) is 0 Å². The van der Waals surface area contributed by atoms with Crippen molar-refractivity contribution < 1.29 is 9.90 Å². The Labute approximate surface area is 141 Å². The molecule has 0 fully saturated rings. The van der Waals surface area contributed by atoms with E-state index in [0.717, 1.165) is 25.7 Å². The molecule has 4 heteroatoms. The molecule has 1 atom stereocenters. The molecule has 0 radical (unpaired) electrons. The topological polar surface area (TPSA) is 49.3 Å². The Balaban J connectivity index is 1.84. The molecule has 0 heterocycles. The first kappa shape index (κ1) is 15.9. The molecule has 0 spiro atoms. The van der Waals surface area contributed by atoms with Gasteiger partial charge in [-0.05, 0) is 54.5 Å². The number of nitrogens with one attached hydrogen (secondary N) is 1. The van der Waals surface area contributed by atoms with Crippen molar-refractivity contribution in [1.82, 2.24) is 5.32 Å². The molecule has 2 N–H and O–H groups in total. The van der Waals surface area contributed by atoms with Gasteiger partial charge in [-0.3, -0.25) is 4.79 Å². The molecule has 1 aliphatic carbocycles. The monoisotopic (exact) mass is 329 g/mol. The van der Waals surface area contributed by atoms with Gasteiger partial charge in [0, 0.05) is 0 Å². The molecule has 3 nitrogen and oxygen atoms in total. The van der Waals surface area contributed by atoms with E-state index in [9.17, 15) is 9.90 Å². The number of para-hydroxylation sites is 1. The Morgan fingerprint density at radius 3 is 2.96 bits per heavy atom. The van der Waals surface area contributed by atoms with Crippen molar-refractivity contribution >= 4 is 17.5 Å². The van der Waals surface area contributed by atoms with E-state index in [1.165, 1.54) is 16.7 Å². The first-order valence-corrected chi connectivity index (χ1v) is 8.38. The average molecular weight is 330 g/mol. The fourth-order valence-electron chi connectivity index (χ4n) is 3.17. The summed E-state index contributed by atoms with van der Waals surface area (Å²) in [6, 6.07) is 11.3. The van der Waals surface area contributed by atoms with E-state index < -0.39 is 0 Å². The van der Waals surface area contributed by atoms with Crippen LogP contribution in [0.5, 0.6) is 5.75 Å². The minimum atomic E-state index is -0.289. The second kappa shape index (κ2) is 6.63. The zero-order valence-electron chi connectivity index (χ0n) is 13.1. The Morgan fingerprint density at radius 2 is 2.17 bits per heavy atom. The summed E-state index contributed by atoms with van der Waals surface area (Å²) in [5, 5.41) is 13.2. The van der Waals surface area contributed by atoms with E-state index >= 15 is 0 Å². The molecule has 1 aliphatic rings. The van der Waals surface area contributed by atoms with Crippen LogP contribution in [-0.2, 0) is 12.8 Å². The van der Waals surface area contributed by atoms with Crippen molar-refractivity contribution in [2.75, 3.05) is 0 Å². The molecule has 0 bridgehead atoms. The number of amides is 1. The lowest BCUT2D eigenvalue weighted by atomic mass is 9.86. The quantitative estimate of drug-likeness (QED) is 0.876. The zero-order chi connectivity index (χ0) is 16.4. The minimum absolute atomic E-state index is 0.0180. The number of aryl methyl sites for hydroxylation is 2. The summed E-state index contributed by atoms with van der Waals surface area (Å²) in [6.07, 6.45) is 4.02. The number of fused-ring (bicyclic) bond motifs is 1. The van der Waals surface area contributed by atoms with Gasteiger partial charge in [0.2, 0.25) is 0 Å². The van der Waals surface area contributed by atoms with Crippen molar-refractivity contribution in [1.29, 1.82) is 0 Å². The van der Waals surface area contributed by atoms with Gasteiger partial charge in [0.25, 0.3) is 5.91 Å². The smallest absolute Gasteiger partial charge is 0.255 e. The summed E-state index contributed by atoms with van der Waals surface area (Å²) in [6.45, 7) is 2.14. The Morgan fingerprint density at radius 1 is 1.35 bits per heavy atom. The van der Waals surface area contributed by atoms with Gasteiger partial charge in [-0.25, -0.2) is 0 Å². The predicted molar refractivity (Wildman–Crippen MR) is 92.1 cm³/mol. The molecule has 3 rings (SSSR count). The Hall–Kier alpha value is -2.00. The molecule has 1 amide bonds. The molecule has 2 aromatic carbocycles. The van der Waals surface area contributed by atoms with E-state index in [-0.39, 0.29) is 28.3 Å². The molecular weight excluding hydrogens is 310 g/mol. The van der Waals surface area contributed by atoms with E-state index in [1.807, 2.05) is 0 Å². The lowest BCUT2D eigenvalue weighted by molar-refractivity contribution is 0.0930. The van der Waals surface area contributed by atoms with Crippen LogP contribution in [0.1, 0.15) is 52.9 Å². The Bertz CT molecular complexity index is 742. The molecule has 0 aromatic heterocycles. The van der Waals surface area contributed by atoms with Gasteiger partial charge in [-0.15, -0.1) is 0 Å². The zero-order valence-corrected chi connectivity index (χ0v) is 13.9. The number of hydrogen-bond acceptors (Lipinski definition) is 2. The molecule has 0 aliphatic heterocycles. The highest BCUT2D eigenvalue weighted by Gasteiger charge is 2.23. The molecule has 0 saturated carbocycles. The highest BCUT2D eigenvalue weighted by molar-refractivity contribution is 6.32. The number of carbonyl (C=O) groups is 1. The highest BCUT2D eigenvalue weighted by Crippen LogP contribution is 2.32. The van der Waals surface area contributed by atoms with Gasteiger partial charge in [0.05, 0.1) is 16.6 Å². The van der Waals surface area contributed by atoms with Gasteiger partial charge in [-0.1, -0.05) is 42.8 Å². The fourth-order valence-corrected chi connectivity index (χ4v) is 3.35. The first-order valence-electron chi connectivity index (χ1n) is 8.00. The van der Waals surface area contributed by atoms with Gasteiger partial charge >= 0.3 is 0 Å². The van der Waals surface area contributed by atoms with Gasteiger partial charge in [0.15, 0.2) is 0 Å². The second-order valence-electron chi connectivity index (χ2n) is 5.94. The number of carbonyl (C=O) groups excluding carboxylic acids is 1. The summed E-state index contributed by atoms with van der Waals surface area (Å²) in [5.74, 6) is -0.452. The van der Waals surface area contributed by atoms with Crippen LogP contribution in [0.15, 0.2) is 36.4 Å². The first-order chi connectivity index (χ1) is 11.1. The fraction of sp³-hybridized carbons (Fsp3) is 0.316. The average Bonchev–Trinajstić information content (AvgIpc) is 2.57. The van der Waals surface area contributed by atoms with Crippen LogP contribution >= 0.6 is 11.6 Å². The lowest BCUT2D eigenvalue weighted by Crippen LogP contribution is -2.31. The molecule has 2 aromatic rings. The third-order valence-corrected chi connectivity index (χ3v) is 4.77.